The summed E-state index contributed by atoms with van der Waals surface area (Å²) in [6.07, 6.45) is 7.18. The Kier molecular flexibility index (Phi) is 4.37. The van der Waals surface area contributed by atoms with E-state index >= 15 is 0 Å². The lowest BCUT2D eigenvalue weighted by Crippen LogP contribution is -2.24. The number of hydrogen-bond acceptors (Lipinski definition) is 3. The van der Waals surface area contributed by atoms with Crippen molar-refractivity contribution in [1.29, 1.82) is 0 Å². The number of nitrogens with two attached hydrogens (primary N) is 1. The fourth-order valence-corrected chi connectivity index (χ4v) is 2.85. The van der Waals surface area contributed by atoms with Crippen LogP contribution in [0.4, 0.5) is 5.69 Å². The molecule has 0 spiro atoms. The maximum absolute atomic E-state index is 6.00. The molecular formula is C16H22N6. The second kappa shape index (κ2) is 6.60. The van der Waals surface area contributed by atoms with Crippen molar-refractivity contribution < 1.29 is 0 Å². The molecule has 0 radical (unpaired) electrons. The number of guanidine groups is 1. The number of aryl methyl sites for hydroxylation is 2. The molecule has 1 aliphatic rings. The van der Waals surface area contributed by atoms with Gasteiger partial charge in [-0.3, -0.25) is 9.67 Å². The molecule has 1 aromatic heterocycles. The molecule has 1 aromatic carbocycles. The minimum absolute atomic E-state index is 0.454. The minimum atomic E-state index is 0.454. The van der Waals surface area contributed by atoms with Gasteiger partial charge in [0, 0.05) is 25.7 Å². The Morgan fingerprint density at radius 1 is 1.36 bits per heavy atom. The van der Waals surface area contributed by atoms with Crippen LogP contribution in [0.5, 0.6) is 0 Å². The van der Waals surface area contributed by atoms with E-state index in [0.717, 1.165) is 24.4 Å². The Hall–Kier alpha value is -2.37. The predicted octanol–water partition coefficient (Wildman–Crippen LogP) is 1.66. The summed E-state index contributed by atoms with van der Waals surface area (Å²) in [6, 6.07) is 6.37. The van der Waals surface area contributed by atoms with Gasteiger partial charge in [0.25, 0.3) is 0 Å². The highest BCUT2D eigenvalue weighted by Crippen LogP contribution is 2.27. The Morgan fingerprint density at radius 3 is 3.05 bits per heavy atom. The van der Waals surface area contributed by atoms with Gasteiger partial charge >= 0.3 is 0 Å². The second-order valence-corrected chi connectivity index (χ2v) is 5.63. The predicted molar refractivity (Wildman–Crippen MR) is 87.9 cm³/mol. The van der Waals surface area contributed by atoms with Crippen LogP contribution in [0.15, 0.2) is 29.5 Å². The lowest BCUT2D eigenvalue weighted by Gasteiger charge is -2.19. The van der Waals surface area contributed by atoms with E-state index in [2.05, 4.69) is 38.6 Å². The Morgan fingerprint density at radius 2 is 2.23 bits per heavy atom. The van der Waals surface area contributed by atoms with E-state index in [1.807, 2.05) is 7.05 Å². The summed E-state index contributed by atoms with van der Waals surface area (Å²) in [5.74, 6) is 1.24. The fraction of sp³-hybridized carbons (Fsp3) is 0.438. The van der Waals surface area contributed by atoms with Crippen molar-refractivity contribution in [2.45, 2.75) is 32.1 Å². The van der Waals surface area contributed by atoms with Crippen LogP contribution < -0.4 is 11.1 Å². The summed E-state index contributed by atoms with van der Waals surface area (Å²) >= 11 is 0. The molecule has 116 valence electrons. The molecule has 0 unspecified atom stereocenters. The van der Waals surface area contributed by atoms with Gasteiger partial charge in [0.1, 0.15) is 6.33 Å². The quantitative estimate of drug-likeness (QED) is 0.664. The van der Waals surface area contributed by atoms with Gasteiger partial charge in [-0.1, -0.05) is 12.1 Å². The lowest BCUT2D eigenvalue weighted by molar-refractivity contribution is 0.687. The third-order valence-corrected chi connectivity index (χ3v) is 3.92. The number of fused-ring (bicyclic) bond motifs is 1. The molecule has 3 N–H and O–H groups in total. The summed E-state index contributed by atoms with van der Waals surface area (Å²) in [6.45, 7) is 0.581. The zero-order chi connectivity index (χ0) is 15.4. The topological polar surface area (TPSA) is 81.1 Å². The van der Waals surface area contributed by atoms with Gasteiger partial charge in [-0.05, 0) is 42.9 Å². The average Bonchev–Trinajstić information content (AvgIpc) is 2.93. The van der Waals surface area contributed by atoms with E-state index in [9.17, 15) is 0 Å². The van der Waals surface area contributed by atoms with Crippen molar-refractivity contribution in [1.82, 2.24) is 14.8 Å². The first-order chi connectivity index (χ1) is 10.7. The Labute approximate surface area is 130 Å². The van der Waals surface area contributed by atoms with Crippen molar-refractivity contribution in [2.24, 2.45) is 17.8 Å². The Balaban J connectivity index is 1.61. The minimum Gasteiger partial charge on any atom is -0.370 e. The molecule has 0 bridgehead atoms. The third-order valence-electron chi connectivity index (χ3n) is 3.92. The first-order valence-electron chi connectivity index (χ1n) is 7.74. The lowest BCUT2D eigenvalue weighted by atomic mass is 9.90. The van der Waals surface area contributed by atoms with E-state index in [0.29, 0.717) is 18.9 Å². The molecular weight excluding hydrogens is 276 g/mol. The summed E-state index contributed by atoms with van der Waals surface area (Å²) < 4.78 is 1.69. The number of rotatable bonds is 4. The molecule has 1 heterocycles. The van der Waals surface area contributed by atoms with Gasteiger partial charge in [0.05, 0.1) is 0 Å². The molecule has 0 amide bonds. The van der Waals surface area contributed by atoms with Crippen LogP contribution in [0.3, 0.4) is 0 Å². The molecule has 3 rings (SSSR count). The number of nitrogens with one attached hydrogen (secondary N) is 1. The first kappa shape index (κ1) is 14.6. The molecule has 0 saturated carbocycles. The molecule has 1 aliphatic carbocycles. The highest BCUT2D eigenvalue weighted by atomic mass is 15.3. The number of aliphatic imine (C=N–C) groups is 1. The first-order valence-corrected chi connectivity index (χ1v) is 7.74. The number of anilines is 1. The van der Waals surface area contributed by atoms with Crippen LogP contribution in [0, 0.1) is 0 Å². The van der Waals surface area contributed by atoms with Crippen molar-refractivity contribution in [3.8, 4) is 0 Å². The number of hydrogen-bond donors (Lipinski definition) is 2. The van der Waals surface area contributed by atoms with E-state index in [-0.39, 0.29) is 0 Å². The van der Waals surface area contributed by atoms with Gasteiger partial charge < -0.3 is 11.1 Å². The number of benzene rings is 1. The summed E-state index contributed by atoms with van der Waals surface area (Å²) in [5, 5.41) is 7.47. The normalized spacial score (nSPS) is 14.7. The molecule has 6 nitrogen and oxygen atoms in total. The molecule has 2 aromatic rings. The van der Waals surface area contributed by atoms with Gasteiger partial charge in [-0.15, -0.1) is 0 Å². The van der Waals surface area contributed by atoms with Crippen LogP contribution in [-0.2, 0) is 26.3 Å². The summed E-state index contributed by atoms with van der Waals surface area (Å²) in [7, 11) is 1.86. The third kappa shape index (κ3) is 3.44. The van der Waals surface area contributed by atoms with E-state index in [1.165, 1.54) is 24.0 Å². The average molecular weight is 298 g/mol. The standard InChI is InChI=1S/C16H22N6/c1-22-11-19-15(21-22)9-10-18-16(17)20-14-8-4-6-12-5-2-3-7-13(12)14/h4,6,8,11H,2-3,5,7,9-10H2,1H3,(H3,17,18,20). The van der Waals surface area contributed by atoms with E-state index in [1.54, 1.807) is 11.0 Å². The van der Waals surface area contributed by atoms with Gasteiger partial charge in [0.15, 0.2) is 11.8 Å². The Bertz CT molecular complexity index is 673. The van der Waals surface area contributed by atoms with Crippen LogP contribution in [0.1, 0.15) is 29.8 Å². The highest BCUT2D eigenvalue weighted by molar-refractivity contribution is 5.93. The molecule has 0 aliphatic heterocycles. The largest absolute Gasteiger partial charge is 0.370 e. The molecule has 0 fully saturated rings. The van der Waals surface area contributed by atoms with Crippen LogP contribution in [0.25, 0.3) is 0 Å². The molecule has 0 atom stereocenters. The van der Waals surface area contributed by atoms with Crippen LogP contribution in [-0.4, -0.2) is 27.3 Å². The fourth-order valence-electron chi connectivity index (χ4n) is 2.85. The van der Waals surface area contributed by atoms with Gasteiger partial charge in [0.2, 0.25) is 0 Å². The second-order valence-electron chi connectivity index (χ2n) is 5.63. The van der Waals surface area contributed by atoms with Crippen molar-refractivity contribution in [2.75, 3.05) is 11.9 Å². The molecule has 0 saturated heterocycles. The van der Waals surface area contributed by atoms with Crippen molar-refractivity contribution in [3.05, 3.63) is 41.5 Å². The maximum Gasteiger partial charge on any atom is 0.193 e. The van der Waals surface area contributed by atoms with Crippen LogP contribution in [0.2, 0.25) is 0 Å². The summed E-state index contributed by atoms with van der Waals surface area (Å²) in [5.41, 5.74) is 9.91. The van der Waals surface area contributed by atoms with Crippen molar-refractivity contribution >= 4 is 11.6 Å². The van der Waals surface area contributed by atoms with Gasteiger partial charge in [-0.25, -0.2) is 4.98 Å². The SMILES string of the molecule is Cn1cnc(CCN=C(N)Nc2cccc3c2CCCC3)n1. The monoisotopic (exact) mass is 298 g/mol. The van der Waals surface area contributed by atoms with E-state index < -0.39 is 0 Å². The smallest absolute Gasteiger partial charge is 0.193 e. The molecule has 22 heavy (non-hydrogen) atoms. The zero-order valence-electron chi connectivity index (χ0n) is 12.9. The van der Waals surface area contributed by atoms with Gasteiger partial charge in [-0.2, -0.15) is 5.10 Å². The summed E-state index contributed by atoms with van der Waals surface area (Å²) in [4.78, 5) is 8.54. The highest BCUT2D eigenvalue weighted by Gasteiger charge is 2.13. The maximum atomic E-state index is 6.00. The number of nitrogens with zero attached hydrogens (tertiary/aromatic N) is 4. The van der Waals surface area contributed by atoms with Crippen LogP contribution >= 0.6 is 0 Å². The number of aromatic nitrogens is 3. The van der Waals surface area contributed by atoms with E-state index in [4.69, 9.17) is 5.73 Å². The van der Waals surface area contributed by atoms with Crippen molar-refractivity contribution in [3.63, 3.8) is 0 Å². The molecule has 6 heteroatoms. The zero-order valence-corrected chi connectivity index (χ0v) is 12.9.